The van der Waals surface area contributed by atoms with E-state index in [1.165, 1.54) is 30.5 Å². The third-order valence-electron chi connectivity index (χ3n) is 5.05. The Labute approximate surface area is 195 Å². The number of amides is 1. The molecule has 2 aromatic carbocycles. The molecule has 7 nitrogen and oxygen atoms in total. The lowest BCUT2D eigenvalue weighted by Crippen LogP contribution is -2.42. The average Bonchev–Trinajstić information content (AvgIpc) is 2.80. The fourth-order valence-corrected chi connectivity index (χ4v) is 3.61. The van der Waals surface area contributed by atoms with Crippen molar-refractivity contribution in [2.24, 2.45) is 0 Å². The van der Waals surface area contributed by atoms with E-state index in [9.17, 15) is 27.6 Å². The molecule has 0 radical (unpaired) electrons. The van der Waals surface area contributed by atoms with E-state index < -0.39 is 41.1 Å². The molecule has 0 aliphatic carbocycles. The molecular formula is C23H16ClF3N4O3. The molecule has 0 unspecified atom stereocenters. The molecule has 1 amide bonds. The Morgan fingerprint density at radius 2 is 1.68 bits per heavy atom. The number of benzene rings is 2. The predicted octanol–water partition coefficient (Wildman–Crippen LogP) is 3.92. The fourth-order valence-electron chi connectivity index (χ4n) is 3.48. The van der Waals surface area contributed by atoms with E-state index in [0.717, 1.165) is 21.3 Å². The molecule has 0 atom stereocenters. The maximum atomic E-state index is 13.3. The number of hydrogen-bond acceptors (Lipinski definition) is 4. The number of para-hydroxylation sites is 1. The van der Waals surface area contributed by atoms with E-state index in [4.69, 9.17) is 11.6 Å². The highest BCUT2D eigenvalue weighted by Crippen LogP contribution is 2.34. The van der Waals surface area contributed by atoms with Crippen molar-refractivity contribution in [2.45, 2.75) is 19.3 Å². The maximum absolute atomic E-state index is 13.3. The van der Waals surface area contributed by atoms with Gasteiger partial charge in [0, 0.05) is 11.2 Å². The maximum Gasteiger partial charge on any atom is 0.418 e. The Hall–Kier alpha value is -3.92. The second-order valence-electron chi connectivity index (χ2n) is 7.35. The van der Waals surface area contributed by atoms with Crippen LogP contribution in [0.4, 0.5) is 18.9 Å². The standard InChI is InChI=1S/C23H16ClF3N4O3/c24-15-9-7-14(8-10-15)12-31-21(33)20-18(6-3-11-28-20)30(22(31)34)13-19(32)29-17-5-2-1-4-16(17)23(25,26)27/h1-11H,12-13H2,(H,29,32). The van der Waals surface area contributed by atoms with E-state index >= 15 is 0 Å². The van der Waals surface area contributed by atoms with Gasteiger partial charge in [0.1, 0.15) is 6.54 Å². The highest BCUT2D eigenvalue weighted by Gasteiger charge is 2.33. The van der Waals surface area contributed by atoms with E-state index in [-0.39, 0.29) is 17.6 Å². The van der Waals surface area contributed by atoms with Crippen molar-refractivity contribution in [3.8, 4) is 0 Å². The van der Waals surface area contributed by atoms with Gasteiger partial charge in [-0.05, 0) is 42.0 Å². The van der Waals surface area contributed by atoms with Crippen LogP contribution in [-0.2, 0) is 24.1 Å². The minimum atomic E-state index is -4.68. The molecule has 4 rings (SSSR count). The number of carbonyl (C=O) groups excluding carboxylic acids is 1. The Kier molecular flexibility index (Phi) is 6.25. The van der Waals surface area contributed by atoms with Gasteiger partial charge in [0.2, 0.25) is 5.91 Å². The lowest BCUT2D eigenvalue weighted by Gasteiger charge is -2.16. The molecule has 0 saturated heterocycles. The number of nitrogens with one attached hydrogen (secondary N) is 1. The molecule has 0 fully saturated rings. The first kappa shape index (κ1) is 23.2. The lowest BCUT2D eigenvalue weighted by atomic mass is 10.1. The van der Waals surface area contributed by atoms with Gasteiger partial charge in [-0.15, -0.1) is 0 Å². The molecule has 0 spiro atoms. The summed E-state index contributed by atoms with van der Waals surface area (Å²) < 4.78 is 41.7. The van der Waals surface area contributed by atoms with E-state index in [0.29, 0.717) is 10.6 Å². The van der Waals surface area contributed by atoms with Gasteiger partial charge in [-0.25, -0.2) is 9.78 Å². The zero-order chi connectivity index (χ0) is 24.5. The molecule has 174 valence electrons. The quantitative estimate of drug-likeness (QED) is 0.461. The number of hydrogen-bond donors (Lipinski definition) is 1. The SMILES string of the molecule is O=C(Cn1c(=O)n(Cc2ccc(Cl)cc2)c(=O)c2ncccc21)Nc1ccccc1C(F)(F)F. The Bertz CT molecular complexity index is 1490. The van der Waals surface area contributed by atoms with Crippen molar-refractivity contribution >= 4 is 34.2 Å². The topological polar surface area (TPSA) is 86.0 Å². The van der Waals surface area contributed by atoms with E-state index in [1.54, 1.807) is 24.3 Å². The summed E-state index contributed by atoms with van der Waals surface area (Å²) in [5.41, 5.74) is -2.29. The third kappa shape index (κ3) is 4.72. The average molecular weight is 489 g/mol. The van der Waals surface area contributed by atoms with E-state index in [2.05, 4.69) is 10.3 Å². The van der Waals surface area contributed by atoms with Crippen LogP contribution >= 0.6 is 11.6 Å². The van der Waals surface area contributed by atoms with Crippen molar-refractivity contribution in [1.82, 2.24) is 14.1 Å². The normalized spacial score (nSPS) is 11.5. The zero-order valence-electron chi connectivity index (χ0n) is 17.3. The highest BCUT2D eigenvalue weighted by molar-refractivity contribution is 6.30. The Morgan fingerprint density at radius 1 is 0.971 bits per heavy atom. The predicted molar refractivity (Wildman–Crippen MR) is 121 cm³/mol. The smallest absolute Gasteiger partial charge is 0.324 e. The summed E-state index contributed by atoms with van der Waals surface area (Å²) >= 11 is 5.88. The number of nitrogens with zero attached hydrogens (tertiary/aromatic N) is 3. The number of alkyl halides is 3. The van der Waals surface area contributed by atoms with Gasteiger partial charge in [-0.1, -0.05) is 35.9 Å². The molecule has 0 aliphatic heterocycles. The first-order valence-electron chi connectivity index (χ1n) is 9.94. The highest BCUT2D eigenvalue weighted by atomic mass is 35.5. The van der Waals surface area contributed by atoms with Crippen LogP contribution in [0.3, 0.4) is 0 Å². The minimum Gasteiger partial charge on any atom is -0.324 e. The second-order valence-corrected chi connectivity index (χ2v) is 7.79. The van der Waals surface area contributed by atoms with Crippen molar-refractivity contribution in [2.75, 3.05) is 5.32 Å². The van der Waals surface area contributed by atoms with Crippen LogP contribution in [-0.4, -0.2) is 20.0 Å². The van der Waals surface area contributed by atoms with Crippen LogP contribution in [0, 0.1) is 0 Å². The first-order valence-corrected chi connectivity index (χ1v) is 10.3. The van der Waals surface area contributed by atoms with Crippen LogP contribution in [0.15, 0.2) is 76.4 Å². The van der Waals surface area contributed by atoms with Crippen molar-refractivity contribution in [3.63, 3.8) is 0 Å². The number of carbonyl (C=O) groups is 1. The summed E-state index contributed by atoms with van der Waals surface area (Å²) in [6, 6.07) is 13.9. The molecule has 0 aliphatic rings. The summed E-state index contributed by atoms with van der Waals surface area (Å²) in [5, 5.41) is 2.68. The molecule has 11 heteroatoms. The third-order valence-corrected chi connectivity index (χ3v) is 5.30. The summed E-state index contributed by atoms with van der Waals surface area (Å²) in [4.78, 5) is 42.9. The van der Waals surface area contributed by atoms with Crippen LogP contribution in [0.25, 0.3) is 11.0 Å². The number of anilines is 1. The first-order chi connectivity index (χ1) is 16.1. The van der Waals surface area contributed by atoms with Crippen LogP contribution in [0.5, 0.6) is 0 Å². The van der Waals surface area contributed by atoms with Gasteiger partial charge in [-0.3, -0.25) is 18.7 Å². The van der Waals surface area contributed by atoms with E-state index in [1.807, 2.05) is 0 Å². The summed E-state index contributed by atoms with van der Waals surface area (Å²) in [7, 11) is 0. The number of halogens is 4. The van der Waals surface area contributed by atoms with Crippen LogP contribution in [0.2, 0.25) is 5.02 Å². The molecule has 34 heavy (non-hydrogen) atoms. The molecule has 2 heterocycles. The molecule has 2 aromatic heterocycles. The molecular weight excluding hydrogens is 473 g/mol. The summed E-state index contributed by atoms with van der Waals surface area (Å²) in [5.74, 6) is -0.874. The number of fused-ring (bicyclic) bond motifs is 1. The number of rotatable bonds is 5. The van der Waals surface area contributed by atoms with Gasteiger partial charge < -0.3 is 5.32 Å². The zero-order valence-corrected chi connectivity index (χ0v) is 18.1. The van der Waals surface area contributed by atoms with Crippen LogP contribution in [0.1, 0.15) is 11.1 Å². The monoisotopic (exact) mass is 488 g/mol. The summed E-state index contributed by atoms with van der Waals surface area (Å²) in [6.45, 7) is -0.742. The largest absolute Gasteiger partial charge is 0.418 e. The second kappa shape index (κ2) is 9.14. The lowest BCUT2D eigenvalue weighted by molar-refractivity contribution is -0.137. The minimum absolute atomic E-state index is 0.0560. The molecule has 1 N–H and O–H groups in total. The van der Waals surface area contributed by atoms with Crippen molar-refractivity contribution < 1.29 is 18.0 Å². The molecule has 0 bridgehead atoms. The van der Waals surface area contributed by atoms with Gasteiger partial charge in [0.25, 0.3) is 5.56 Å². The van der Waals surface area contributed by atoms with Crippen LogP contribution < -0.4 is 16.6 Å². The van der Waals surface area contributed by atoms with Gasteiger partial charge in [0.05, 0.1) is 23.3 Å². The molecule has 4 aromatic rings. The Balaban J connectivity index is 1.74. The van der Waals surface area contributed by atoms with Crippen molar-refractivity contribution in [3.05, 3.63) is 104 Å². The molecule has 0 saturated carbocycles. The Morgan fingerprint density at radius 3 is 2.38 bits per heavy atom. The summed E-state index contributed by atoms with van der Waals surface area (Å²) in [6.07, 6.45) is -3.31. The number of pyridine rings is 1. The van der Waals surface area contributed by atoms with Crippen molar-refractivity contribution in [1.29, 1.82) is 0 Å². The van der Waals surface area contributed by atoms with Gasteiger partial charge in [-0.2, -0.15) is 13.2 Å². The number of aromatic nitrogens is 3. The van der Waals surface area contributed by atoms with Gasteiger partial charge >= 0.3 is 11.9 Å². The fraction of sp³-hybridized carbons (Fsp3) is 0.130. The van der Waals surface area contributed by atoms with Gasteiger partial charge in [0.15, 0.2) is 5.52 Å².